The van der Waals surface area contributed by atoms with Crippen molar-refractivity contribution in [2.75, 3.05) is 18.4 Å². The van der Waals surface area contributed by atoms with Gasteiger partial charge in [0.25, 0.3) is 0 Å². The van der Waals surface area contributed by atoms with E-state index in [1.54, 1.807) is 0 Å². The fraction of sp³-hybridized carbons (Fsp3) is 0.643. The fourth-order valence-electron chi connectivity index (χ4n) is 1.56. The zero-order valence-corrected chi connectivity index (χ0v) is 13.3. The van der Waals surface area contributed by atoms with Crippen LogP contribution in [0.4, 0.5) is 5.82 Å². The molecule has 1 aromatic heterocycles. The molecule has 0 fully saturated rings. The van der Waals surface area contributed by atoms with Crippen molar-refractivity contribution < 1.29 is 4.79 Å². The molecule has 0 bridgehead atoms. The number of carbonyl (C=O) groups excluding carboxylic acids is 1. The van der Waals surface area contributed by atoms with Crippen LogP contribution >= 0.6 is 11.6 Å². The van der Waals surface area contributed by atoms with Crippen LogP contribution < -0.4 is 10.6 Å². The first-order valence-corrected chi connectivity index (χ1v) is 7.35. The molecule has 1 heterocycles. The molecule has 6 heteroatoms. The first kappa shape index (κ1) is 16.7. The van der Waals surface area contributed by atoms with Crippen LogP contribution in [-0.4, -0.2) is 29.0 Å². The zero-order valence-electron chi connectivity index (χ0n) is 12.6. The molecule has 1 aromatic rings. The lowest BCUT2D eigenvalue weighted by Gasteiger charge is -2.11. The Hall–Kier alpha value is -1.36. The number of aryl methyl sites for hydroxylation is 1. The first-order chi connectivity index (χ1) is 9.43. The lowest BCUT2D eigenvalue weighted by molar-refractivity contribution is -0.120. The van der Waals surface area contributed by atoms with Gasteiger partial charge in [-0.15, -0.1) is 0 Å². The molecular formula is C14H23ClN4O. The van der Waals surface area contributed by atoms with E-state index in [0.717, 1.165) is 12.0 Å². The summed E-state index contributed by atoms with van der Waals surface area (Å²) >= 11 is 6.05. The van der Waals surface area contributed by atoms with Crippen LogP contribution in [0.15, 0.2) is 0 Å². The number of aromatic nitrogens is 2. The van der Waals surface area contributed by atoms with Crippen molar-refractivity contribution in [1.29, 1.82) is 0 Å². The molecule has 0 aromatic carbocycles. The average molecular weight is 299 g/mol. The SMILES string of the molecule is CCc1nc(Cl)c(C)c(NCCC(=O)NCC(C)C)n1. The summed E-state index contributed by atoms with van der Waals surface area (Å²) in [4.78, 5) is 20.2. The van der Waals surface area contributed by atoms with Gasteiger partial charge in [-0.1, -0.05) is 32.4 Å². The van der Waals surface area contributed by atoms with Gasteiger partial charge < -0.3 is 10.6 Å². The summed E-state index contributed by atoms with van der Waals surface area (Å²) < 4.78 is 0. The summed E-state index contributed by atoms with van der Waals surface area (Å²) in [7, 11) is 0. The second-order valence-corrected chi connectivity index (χ2v) is 5.49. The van der Waals surface area contributed by atoms with Gasteiger partial charge >= 0.3 is 0 Å². The van der Waals surface area contributed by atoms with Crippen LogP contribution in [0.5, 0.6) is 0 Å². The molecule has 0 saturated carbocycles. The van der Waals surface area contributed by atoms with E-state index in [1.165, 1.54) is 0 Å². The van der Waals surface area contributed by atoms with E-state index in [-0.39, 0.29) is 5.91 Å². The summed E-state index contributed by atoms with van der Waals surface area (Å²) in [6.07, 6.45) is 1.14. The minimum absolute atomic E-state index is 0.0414. The van der Waals surface area contributed by atoms with E-state index in [1.807, 2.05) is 13.8 Å². The monoisotopic (exact) mass is 298 g/mol. The van der Waals surface area contributed by atoms with Crippen molar-refractivity contribution in [1.82, 2.24) is 15.3 Å². The smallest absolute Gasteiger partial charge is 0.221 e. The minimum atomic E-state index is 0.0414. The molecule has 0 aliphatic rings. The Morgan fingerprint density at radius 2 is 2.05 bits per heavy atom. The van der Waals surface area contributed by atoms with Crippen molar-refractivity contribution in [3.8, 4) is 0 Å². The van der Waals surface area contributed by atoms with Gasteiger partial charge in [0.05, 0.1) is 0 Å². The van der Waals surface area contributed by atoms with E-state index < -0.39 is 0 Å². The van der Waals surface area contributed by atoms with Crippen LogP contribution in [0.3, 0.4) is 0 Å². The van der Waals surface area contributed by atoms with Crippen molar-refractivity contribution in [3.63, 3.8) is 0 Å². The first-order valence-electron chi connectivity index (χ1n) is 6.97. The molecule has 0 saturated heterocycles. The maximum Gasteiger partial charge on any atom is 0.221 e. The molecule has 2 N–H and O–H groups in total. The number of amides is 1. The van der Waals surface area contributed by atoms with Gasteiger partial charge in [-0.05, 0) is 12.8 Å². The number of hydrogen-bond donors (Lipinski definition) is 2. The molecule has 0 radical (unpaired) electrons. The zero-order chi connectivity index (χ0) is 15.1. The predicted molar refractivity (Wildman–Crippen MR) is 82.1 cm³/mol. The van der Waals surface area contributed by atoms with Gasteiger partial charge in [0.2, 0.25) is 5.91 Å². The Morgan fingerprint density at radius 3 is 2.65 bits per heavy atom. The third-order valence-corrected chi connectivity index (χ3v) is 3.17. The maximum absolute atomic E-state index is 11.6. The van der Waals surface area contributed by atoms with Crippen LogP contribution in [0.2, 0.25) is 5.15 Å². The van der Waals surface area contributed by atoms with Crippen molar-refractivity contribution in [2.24, 2.45) is 5.92 Å². The third kappa shape index (κ3) is 5.33. The van der Waals surface area contributed by atoms with Gasteiger partial charge in [0.15, 0.2) is 0 Å². The highest BCUT2D eigenvalue weighted by Crippen LogP contribution is 2.19. The number of halogens is 1. The van der Waals surface area contributed by atoms with E-state index in [2.05, 4.69) is 34.4 Å². The number of anilines is 1. The molecule has 5 nitrogen and oxygen atoms in total. The lowest BCUT2D eigenvalue weighted by Crippen LogP contribution is -2.28. The average Bonchev–Trinajstić information content (AvgIpc) is 2.40. The number of carbonyl (C=O) groups is 1. The van der Waals surface area contributed by atoms with Gasteiger partial charge in [-0.2, -0.15) is 0 Å². The van der Waals surface area contributed by atoms with Crippen molar-refractivity contribution in [2.45, 2.75) is 40.5 Å². The van der Waals surface area contributed by atoms with E-state index in [4.69, 9.17) is 11.6 Å². The molecule has 0 unspecified atom stereocenters. The van der Waals surface area contributed by atoms with Crippen LogP contribution in [0.25, 0.3) is 0 Å². The molecule has 1 amide bonds. The predicted octanol–water partition coefficient (Wildman–Crippen LogP) is 2.58. The summed E-state index contributed by atoms with van der Waals surface area (Å²) in [5, 5.41) is 6.49. The minimum Gasteiger partial charge on any atom is -0.369 e. The topological polar surface area (TPSA) is 66.9 Å². The van der Waals surface area contributed by atoms with Gasteiger partial charge in [0, 0.05) is 31.5 Å². The van der Waals surface area contributed by atoms with E-state index >= 15 is 0 Å². The Labute approximate surface area is 125 Å². The Bertz CT molecular complexity index is 463. The van der Waals surface area contributed by atoms with Crippen LogP contribution in [0, 0.1) is 12.8 Å². The highest BCUT2D eigenvalue weighted by molar-refractivity contribution is 6.30. The molecular weight excluding hydrogens is 276 g/mol. The van der Waals surface area contributed by atoms with Gasteiger partial charge in [-0.3, -0.25) is 4.79 Å². The molecule has 0 atom stereocenters. The summed E-state index contributed by atoms with van der Waals surface area (Å²) in [6, 6.07) is 0. The molecule has 0 aliphatic heterocycles. The standard InChI is InChI=1S/C14H23ClN4O/c1-5-11-18-13(15)10(4)14(19-11)16-7-6-12(20)17-8-9(2)3/h9H,5-8H2,1-4H3,(H,17,20)(H,16,18,19). The highest BCUT2D eigenvalue weighted by Gasteiger charge is 2.09. The summed E-state index contributed by atoms with van der Waals surface area (Å²) in [6.45, 7) is 9.21. The Morgan fingerprint density at radius 1 is 1.35 bits per heavy atom. The van der Waals surface area contributed by atoms with Crippen LogP contribution in [0.1, 0.15) is 38.6 Å². The quantitative estimate of drug-likeness (QED) is 0.759. The van der Waals surface area contributed by atoms with Crippen molar-refractivity contribution in [3.05, 3.63) is 16.5 Å². The molecule has 0 spiro atoms. The van der Waals surface area contributed by atoms with Gasteiger partial charge in [-0.25, -0.2) is 9.97 Å². The normalized spacial score (nSPS) is 10.7. The highest BCUT2D eigenvalue weighted by atomic mass is 35.5. The maximum atomic E-state index is 11.6. The van der Waals surface area contributed by atoms with Crippen LogP contribution in [-0.2, 0) is 11.2 Å². The largest absolute Gasteiger partial charge is 0.369 e. The Kier molecular flexibility index (Phi) is 6.71. The van der Waals surface area contributed by atoms with E-state index in [9.17, 15) is 4.79 Å². The lowest BCUT2D eigenvalue weighted by atomic mass is 10.2. The molecule has 0 aliphatic carbocycles. The molecule has 20 heavy (non-hydrogen) atoms. The molecule has 112 valence electrons. The number of hydrogen-bond acceptors (Lipinski definition) is 4. The Balaban J connectivity index is 2.49. The molecule has 1 rings (SSSR count). The third-order valence-electron chi connectivity index (χ3n) is 2.80. The number of nitrogens with one attached hydrogen (secondary N) is 2. The second-order valence-electron chi connectivity index (χ2n) is 5.13. The van der Waals surface area contributed by atoms with E-state index in [0.29, 0.717) is 42.2 Å². The summed E-state index contributed by atoms with van der Waals surface area (Å²) in [5.41, 5.74) is 0.812. The second kappa shape index (κ2) is 8.04. The number of rotatable bonds is 7. The summed E-state index contributed by atoms with van der Waals surface area (Å²) in [5.74, 6) is 1.91. The fourth-order valence-corrected chi connectivity index (χ4v) is 1.75. The van der Waals surface area contributed by atoms with Gasteiger partial charge in [0.1, 0.15) is 16.8 Å². The number of nitrogens with zero attached hydrogens (tertiary/aromatic N) is 2. The van der Waals surface area contributed by atoms with Crippen molar-refractivity contribution >= 4 is 23.3 Å².